The van der Waals surface area contributed by atoms with Crippen molar-refractivity contribution in [2.45, 2.75) is 12.8 Å². The van der Waals surface area contributed by atoms with Gasteiger partial charge in [0.15, 0.2) is 0 Å². The van der Waals surface area contributed by atoms with Gasteiger partial charge in [0.05, 0.1) is 25.8 Å². The third kappa shape index (κ3) is 3.45. The van der Waals surface area contributed by atoms with Crippen molar-refractivity contribution in [2.75, 3.05) is 49.1 Å². The second-order valence-electron chi connectivity index (χ2n) is 6.77. The SMILES string of the molecule is O=C(CN1CCCc2ccccc21)N1CCN(c2cccc[nH+]2)CC1. The lowest BCUT2D eigenvalue weighted by Crippen LogP contribution is -2.52. The highest BCUT2D eigenvalue weighted by molar-refractivity contribution is 5.82. The highest BCUT2D eigenvalue weighted by atomic mass is 16.2. The molecule has 5 nitrogen and oxygen atoms in total. The molecule has 3 heterocycles. The van der Waals surface area contributed by atoms with Crippen LogP contribution in [0.2, 0.25) is 0 Å². The summed E-state index contributed by atoms with van der Waals surface area (Å²) in [5, 5.41) is 0. The molecule has 1 aromatic carbocycles. The van der Waals surface area contributed by atoms with Gasteiger partial charge in [0.2, 0.25) is 5.91 Å². The summed E-state index contributed by atoms with van der Waals surface area (Å²) >= 11 is 0. The van der Waals surface area contributed by atoms with Crippen LogP contribution in [0.1, 0.15) is 12.0 Å². The summed E-state index contributed by atoms with van der Waals surface area (Å²) < 4.78 is 0. The Balaban J connectivity index is 1.36. The van der Waals surface area contributed by atoms with Gasteiger partial charge in [-0.3, -0.25) is 9.69 Å². The first kappa shape index (κ1) is 15.9. The van der Waals surface area contributed by atoms with E-state index in [1.807, 2.05) is 23.2 Å². The molecule has 0 unspecified atom stereocenters. The van der Waals surface area contributed by atoms with Gasteiger partial charge in [-0.25, -0.2) is 4.98 Å². The summed E-state index contributed by atoms with van der Waals surface area (Å²) in [5.41, 5.74) is 2.60. The van der Waals surface area contributed by atoms with Crippen LogP contribution >= 0.6 is 0 Å². The van der Waals surface area contributed by atoms with Crippen molar-refractivity contribution in [3.8, 4) is 0 Å². The second-order valence-corrected chi connectivity index (χ2v) is 6.77. The molecular weight excluding hydrogens is 312 g/mol. The number of H-pyrrole nitrogens is 1. The maximum Gasteiger partial charge on any atom is 0.274 e. The molecule has 4 rings (SSSR count). The van der Waals surface area contributed by atoms with Gasteiger partial charge < -0.3 is 9.80 Å². The number of carbonyl (C=O) groups is 1. The number of rotatable bonds is 3. The lowest BCUT2D eigenvalue weighted by Gasteiger charge is -2.35. The molecule has 2 aliphatic rings. The maximum absolute atomic E-state index is 12.8. The van der Waals surface area contributed by atoms with Gasteiger partial charge in [-0.1, -0.05) is 24.3 Å². The molecule has 2 aromatic rings. The monoisotopic (exact) mass is 337 g/mol. The van der Waals surface area contributed by atoms with Gasteiger partial charge in [-0.15, -0.1) is 0 Å². The molecule has 2 aliphatic heterocycles. The van der Waals surface area contributed by atoms with E-state index >= 15 is 0 Å². The number of nitrogens with zero attached hydrogens (tertiary/aromatic N) is 3. The Hall–Kier alpha value is -2.56. The molecule has 1 saturated heterocycles. The number of piperazine rings is 1. The van der Waals surface area contributed by atoms with E-state index in [0.29, 0.717) is 6.54 Å². The molecule has 1 N–H and O–H groups in total. The Morgan fingerprint density at radius 2 is 1.76 bits per heavy atom. The summed E-state index contributed by atoms with van der Waals surface area (Å²) in [4.78, 5) is 22.6. The molecule has 0 bridgehead atoms. The number of para-hydroxylation sites is 1. The molecule has 1 amide bonds. The Labute approximate surface area is 148 Å². The van der Waals surface area contributed by atoms with Crippen LogP contribution in [0, 0.1) is 0 Å². The first-order valence-electron chi connectivity index (χ1n) is 9.13. The van der Waals surface area contributed by atoms with Crippen molar-refractivity contribution in [1.29, 1.82) is 0 Å². The van der Waals surface area contributed by atoms with E-state index in [-0.39, 0.29) is 5.91 Å². The molecule has 130 valence electrons. The third-order valence-corrected chi connectivity index (χ3v) is 5.20. The summed E-state index contributed by atoms with van der Waals surface area (Å²) in [6, 6.07) is 14.6. The first-order valence-corrected chi connectivity index (χ1v) is 9.13. The fraction of sp³-hybridized carbons (Fsp3) is 0.400. The van der Waals surface area contributed by atoms with Crippen LogP contribution in [0.5, 0.6) is 0 Å². The minimum absolute atomic E-state index is 0.244. The van der Waals surface area contributed by atoms with Gasteiger partial charge in [-0.05, 0) is 30.5 Å². The Bertz CT molecular complexity index is 725. The lowest BCUT2D eigenvalue weighted by molar-refractivity contribution is -0.364. The zero-order valence-corrected chi connectivity index (χ0v) is 14.5. The number of aromatic nitrogens is 1. The fourth-order valence-electron chi connectivity index (χ4n) is 3.82. The van der Waals surface area contributed by atoms with Crippen LogP contribution in [0.25, 0.3) is 0 Å². The summed E-state index contributed by atoms with van der Waals surface area (Å²) in [6.45, 7) is 4.80. The van der Waals surface area contributed by atoms with Crippen molar-refractivity contribution < 1.29 is 9.78 Å². The van der Waals surface area contributed by atoms with E-state index in [0.717, 1.165) is 51.4 Å². The smallest absolute Gasteiger partial charge is 0.274 e. The minimum atomic E-state index is 0.244. The third-order valence-electron chi connectivity index (χ3n) is 5.20. The number of fused-ring (bicyclic) bond motifs is 1. The molecule has 5 heteroatoms. The molecule has 0 atom stereocenters. The van der Waals surface area contributed by atoms with Crippen LogP contribution in [0.3, 0.4) is 0 Å². The summed E-state index contributed by atoms with van der Waals surface area (Å²) in [6.07, 6.45) is 4.19. The number of hydrogen-bond acceptors (Lipinski definition) is 3. The molecule has 1 aromatic heterocycles. The Morgan fingerprint density at radius 3 is 2.56 bits per heavy atom. The molecule has 0 radical (unpaired) electrons. The Morgan fingerprint density at radius 1 is 0.960 bits per heavy atom. The first-order chi connectivity index (χ1) is 12.3. The number of hydrogen-bond donors (Lipinski definition) is 0. The number of carbonyl (C=O) groups excluding carboxylic acids is 1. The van der Waals surface area contributed by atoms with Crippen molar-refractivity contribution in [3.05, 3.63) is 54.2 Å². The highest BCUT2D eigenvalue weighted by Gasteiger charge is 2.27. The maximum atomic E-state index is 12.8. The second kappa shape index (κ2) is 7.13. The van der Waals surface area contributed by atoms with Gasteiger partial charge in [0.25, 0.3) is 5.82 Å². The zero-order chi connectivity index (χ0) is 17.1. The summed E-state index contributed by atoms with van der Waals surface area (Å²) in [7, 11) is 0. The number of aryl methyl sites for hydroxylation is 1. The van der Waals surface area contributed by atoms with E-state index in [4.69, 9.17) is 0 Å². The van der Waals surface area contributed by atoms with Crippen LogP contribution in [0.15, 0.2) is 48.7 Å². The zero-order valence-electron chi connectivity index (χ0n) is 14.5. The average molecular weight is 337 g/mol. The van der Waals surface area contributed by atoms with Gasteiger partial charge >= 0.3 is 0 Å². The van der Waals surface area contributed by atoms with Crippen molar-refractivity contribution in [2.24, 2.45) is 0 Å². The van der Waals surface area contributed by atoms with E-state index in [1.54, 1.807) is 0 Å². The van der Waals surface area contributed by atoms with Gasteiger partial charge in [-0.2, -0.15) is 0 Å². The number of nitrogens with one attached hydrogen (secondary N) is 1. The molecule has 0 spiro atoms. The van der Waals surface area contributed by atoms with Crippen LogP contribution in [0.4, 0.5) is 11.5 Å². The van der Waals surface area contributed by atoms with Crippen molar-refractivity contribution in [1.82, 2.24) is 4.90 Å². The molecule has 1 fully saturated rings. The molecular formula is C20H25N4O+. The number of amides is 1. The van der Waals surface area contributed by atoms with Gasteiger partial charge in [0.1, 0.15) is 13.1 Å². The molecule has 0 aliphatic carbocycles. The predicted octanol–water partition coefficient (Wildman–Crippen LogP) is 1.60. The van der Waals surface area contributed by atoms with E-state index in [2.05, 4.69) is 45.1 Å². The number of benzene rings is 1. The normalized spacial score (nSPS) is 17.4. The average Bonchev–Trinajstić information content (AvgIpc) is 2.69. The summed E-state index contributed by atoms with van der Waals surface area (Å²) in [5.74, 6) is 1.37. The van der Waals surface area contributed by atoms with E-state index in [1.165, 1.54) is 11.3 Å². The minimum Gasteiger partial charge on any atom is -0.362 e. The molecule has 0 saturated carbocycles. The molecule has 25 heavy (non-hydrogen) atoms. The van der Waals surface area contributed by atoms with Crippen molar-refractivity contribution >= 4 is 17.4 Å². The highest BCUT2D eigenvalue weighted by Crippen LogP contribution is 2.26. The van der Waals surface area contributed by atoms with Gasteiger partial charge in [0, 0.05) is 18.3 Å². The topological polar surface area (TPSA) is 40.9 Å². The lowest BCUT2D eigenvalue weighted by atomic mass is 10.0. The van der Waals surface area contributed by atoms with Crippen LogP contribution in [-0.2, 0) is 11.2 Å². The Kier molecular flexibility index (Phi) is 4.55. The number of anilines is 2. The number of pyridine rings is 1. The number of aromatic amines is 1. The quantitative estimate of drug-likeness (QED) is 0.854. The fourth-order valence-corrected chi connectivity index (χ4v) is 3.82. The van der Waals surface area contributed by atoms with E-state index in [9.17, 15) is 4.79 Å². The van der Waals surface area contributed by atoms with Crippen LogP contribution in [-0.4, -0.2) is 50.1 Å². The van der Waals surface area contributed by atoms with E-state index < -0.39 is 0 Å². The standard InChI is InChI=1S/C20H24N4O/c25-20(16-24-11-5-7-17-6-1-2-8-18(17)24)23-14-12-22(13-15-23)19-9-3-4-10-21-19/h1-4,6,8-10H,5,7,11-16H2/p+1. The van der Waals surface area contributed by atoms with Crippen LogP contribution < -0.4 is 14.8 Å². The largest absolute Gasteiger partial charge is 0.362 e. The predicted molar refractivity (Wildman–Crippen MR) is 98.8 cm³/mol. The van der Waals surface area contributed by atoms with Crippen molar-refractivity contribution in [3.63, 3.8) is 0 Å².